The van der Waals surface area contributed by atoms with Gasteiger partial charge in [-0.15, -0.1) is 0 Å². The second-order valence-corrected chi connectivity index (χ2v) is 5.66. The lowest BCUT2D eigenvalue weighted by Gasteiger charge is -2.35. The maximum atomic E-state index is 12.5. The second kappa shape index (κ2) is 5.28. The molecule has 0 heterocycles. The molecule has 0 saturated heterocycles. The molecule has 2 aromatic carbocycles. The first-order valence-electron chi connectivity index (χ1n) is 7.34. The Morgan fingerprint density at radius 3 is 2.45 bits per heavy atom. The van der Waals surface area contributed by atoms with Crippen LogP contribution in [0, 0.1) is 0 Å². The van der Waals surface area contributed by atoms with Gasteiger partial charge in [0, 0.05) is 0 Å². The summed E-state index contributed by atoms with van der Waals surface area (Å²) in [6.07, 6.45) is 5.20. The Balaban J connectivity index is 2.21. The van der Waals surface area contributed by atoms with Crippen molar-refractivity contribution in [3.05, 3.63) is 48.0 Å². The normalized spacial score (nSPS) is 17.9. The van der Waals surface area contributed by atoms with Crippen LogP contribution in [0.15, 0.2) is 42.5 Å². The Morgan fingerprint density at radius 1 is 1.00 bits per heavy atom. The van der Waals surface area contributed by atoms with Gasteiger partial charge in [0.25, 0.3) is 0 Å². The Bertz CT molecular complexity index is 619. The molecule has 0 amide bonds. The topological polar surface area (TPSA) is 26.3 Å². The molecule has 0 unspecified atom stereocenters. The molecular weight excluding hydrogens is 248 g/mol. The van der Waals surface area contributed by atoms with Crippen molar-refractivity contribution >= 4 is 16.7 Å². The minimum atomic E-state index is -0.451. The van der Waals surface area contributed by atoms with Crippen LogP contribution in [-0.2, 0) is 14.9 Å². The molecule has 0 N–H and O–H groups in total. The van der Waals surface area contributed by atoms with Gasteiger partial charge < -0.3 is 4.74 Å². The van der Waals surface area contributed by atoms with Crippen molar-refractivity contribution in [1.82, 2.24) is 0 Å². The number of benzene rings is 2. The van der Waals surface area contributed by atoms with Crippen molar-refractivity contribution in [2.45, 2.75) is 37.5 Å². The molecule has 2 heteroatoms. The highest BCUT2D eigenvalue weighted by Crippen LogP contribution is 2.43. The fourth-order valence-electron chi connectivity index (χ4n) is 3.58. The van der Waals surface area contributed by atoms with Crippen molar-refractivity contribution in [3.8, 4) is 0 Å². The zero-order valence-electron chi connectivity index (χ0n) is 11.9. The average Bonchev–Trinajstić information content (AvgIpc) is 2.54. The Kier molecular flexibility index (Phi) is 3.47. The Morgan fingerprint density at radius 2 is 1.70 bits per heavy atom. The molecule has 0 aromatic heterocycles. The summed E-state index contributed by atoms with van der Waals surface area (Å²) in [5, 5.41) is 2.38. The molecule has 0 atom stereocenters. The largest absolute Gasteiger partial charge is 0.468 e. The van der Waals surface area contributed by atoms with E-state index in [1.54, 1.807) is 0 Å². The summed E-state index contributed by atoms with van der Waals surface area (Å²) in [6, 6.07) is 14.6. The van der Waals surface area contributed by atoms with Gasteiger partial charge in [0.15, 0.2) is 0 Å². The van der Waals surface area contributed by atoms with E-state index in [0.717, 1.165) is 31.2 Å². The van der Waals surface area contributed by atoms with Crippen LogP contribution < -0.4 is 0 Å². The molecule has 2 aromatic rings. The smallest absolute Gasteiger partial charge is 0.316 e. The summed E-state index contributed by atoms with van der Waals surface area (Å²) in [6.45, 7) is 0. The van der Waals surface area contributed by atoms with Gasteiger partial charge in [0.05, 0.1) is 12.5 Å². The summed E-state index contributed by atoms with van der Waals surface area (Å²) < 4.78 is 5.16. The van der Waals surface area contributed by atoms with Gasteiger partial charge in [-0.1, -0.05) is 61.7 Å². The van der Waals surface area contributed by atoms with Crippen LogP contribution in [0.25, 0.3) is 10.8 Å². The number of carbonyl (C=O) groups excluding carboxylic acids is 1. The van der Waals surface area contributed by atoms with E-state index >= 15 is 0 Å². The lowest BCUT2D eigenvalue weighted by molar-refractivity contribution is -0.149. The monoisotopic (exact) mass is 268 g/mol. The average molecular weight is 268 g/mol. The van der Waals surface area contributed by atoms with Gasteiger partial charge in [0.1, 0.15) is 0 Å². The summed E-state index contributed by atoms with van der Waals surface area (Å²) in [7, 11) is 1.50. The van der Waals surface area contributed by atoms with E-state index in [1.807, 2.05) is 12.1 Å². The molecule has 0 bridgehead atoms. The minimum Gasteiger partial charge on any atom is -0.468 e. The molecule has 104 valence electrons. The molecule has 2 nitrogen and oxygen atoms in total. The van der Waals surface area contributed by atoms with E-state index in [4.69, 9.17) is 4.74 Å². The SMILES string of the molecule is COC(=O)C1(c2cccc3ccccc23)CCCCC1. The van der Waals surface area contributed by atoms with Crippen LogP contribution in [0.1, 0.15) is 37.7 Å². The lowest BCUT2D eigenvalue weighted by Crippen LogP contribution is -2.39. The number of hydrogen-bond donors (Lipinski definition) is 0. The quantitative estimate of drug-likeness (QED) is 0.762. The molecular formula is C18H20O2. The van der Waals surface area contributed by atoms with Gasteiger partial charge in [-0.3, -0.25) is 4.79 Å². The number of esters is 1. The molecule has 1 aliphatic rings. The van der Waals surface area contributed by atoms with Crippen molar-refractivity contribution in [1.29, 1.82) is 0 Å². The summed E-state index contributed by atoms with van der Waals surface area (Å²) in [4.78, 5) is 12.5. The van der Waals surface area contributed by atoms with E-state index in [2.05, 4.69) is 30.3 Å². The first-order valence-corrected chi connectivity index (χ1v) is 7.34. The maximum Gasteiger partial charge on any atom is 0.316 e. The van der Waals surface area contributed by atoms with Crippen LogP contribution in [-0.4, -0.2) is 13.1 Å². The highest BCUT2D eigenvalue weighted by molar-refractivity contribution is 5.93. The Labute approximate surface area is 119 Å². The molecule has 20 heavy (non-hydrogen) atoms. The van der Waals surface area contributed by atoms with Crippen molar-refractivity contribution in [3.63, 3.8) is 0 Å². The summed E-state index contributed by atoms with van der Waals surface area (Å²) in [5.74, 6) is -0.0754. The number of rotatable bonds is 2. The molecule has 0 radical (unpaired) electrons. The number of methoxy groups -OCH3 is 1. The summed E-state index contributed by atoms with van der Waals surface area (Å²) in [5.41, 5.74) is 0.690. The summed E-state index contributed by atoms with van der Waals surface area (Å²) >= 11 is 0. The van der Waals surface area contributed by atoms with E-state index in [0.29, 0.717) is 0 Å². The fourth-order valence-corrected chi connectivity index (χ4v) is 3.58. The van der Waals surface area contributed by atoms with Gasteiger partial charge >= 0.3 is 5.97 Å². The van der Waals surface area contributed by atoms with Gasteiger partial charge in [-0.2, -0.15) is 0 Å². The van der Waals surface area contributed by atoms with Crippen LogP contribution in [0.2, 0.25) is 0 Å². The second-order valence-electron chi connectivity index (χ2n) is 5.66. The van der Waals surface area contributed by atoms with Crippen molar-refractivity contribution < 1.29 is 9.53 Å². The zero-order valence-corrected chi connectivity index (χ0v) is 11.9. The first-order chi connectivity index (χ1) is 9.78. The molecule has 0 aliphatic heterocycles. The lowest BCUT2D eigenvalue weighted by atomic mass is 9.68. The number of fused-ring (bicyclic) bond motifs is 1. The molecule has 1 saturated carbocycles. The van der Waals surface area contributed by atoms with Crippen LogP contribution >= 0.6 is 0 Å². The maximum absolute atomic E-state index is 12.5. The molecule has 1 aliphatic carbocycles. The third-order valence-corrected chi connectivity index (χ3v) is 4.59. The third kappa shape index (κ3) is 2.00. The van der Waals surface area contributed by atoms with Gasteiger partial charge in [-0.25, -0.2) is 0 Å². The van der Waals surface area contributed by atoms with E-state index < -0.39 is 5.41 Å². The van der Waals surface area contributed by atoms with Crippen molar-refractivity contribution in [2.75, 3.05) is 7.11 Å². The van der Waals surface area contributed by atoms with Gasteiger partial charge in [-0.05, 0) is 29.2 Å². The molecule has 1 fully saturated rings. The van der Waals surface area contributed by atoms with Crippen LogP contribution in [0.3, 0.4) is 0 Å². The third-order valence-electron chi connectivity index (χ3n) is 4.59. The first kappa shape index (κ1) is 13.2. The zero-order chi connectivity index (χ0) is 14.0. The fraction of sp³-hybridized carbons (Fsp3) is 0.389. The van der Waals surface area contributed by atoms with Crippen molar-refractivity contribution in [2.24, 2.45) is 0 Å². The molecule has 3 rings (SSSR count). The van der Waals surface area contributed by atoms with Crippen LogP contribution in [0.5, 0.6) is 0 Å². The predicted octanol–water partition coefficient (Wildman–Crippen LogP) is 4.21. The van der Waals surface area contributed by atoms with Crippen LogP contribution in [0.4, 0.5) is 0 Å². The predicted molar refractivity (Wildman–Crippen MR) is 80.7 cm³/mol. The van der Waals surface area contributed by atoms with Gasteiger partial charge in [0.2, 0.25) is 0 Å². The number of hydrogen-bond acceptors (Lipinski definition) is 2. The van der Waals surface area contributed by atoms with E-state index in [1.165, 1.54) is 24.3 Å². The standard InChI is InChI=1S/C18H20O2/c1-20-17(19)18(12-5-2-6-13-18)16-11-7-9-14-8-3-4-10-15(14)16/h3-4,7-11H,2,5-6,12-13H2,1H3. The minimum absolute atomic E-state index is 0.0754. The highest BCUT2D eigenvalue weighted by atomic mass is 16.5. The Hall–Kier alpha value is -1.83. The highest BCUT2D eigenvalue weighted by Gasteiger charge is 2.43. The van der Waals surface area contributed by atoms with E-state index in [9.17, 15) is 4.79 Å². The number of ether oxygens (including phenoxy) is 1. The molecule has 0 spiro atoms. The van der Waals surface area contributed by atoms with E-state index in [-0.39, 0.29) is 5.97 Å². The number of carbonyl (C=O) groups is 1.